The number of nitrogen functional groups attached to an aromatic ring is 2. The van der Waals surface area contributed by atoms with Crippen LogP contribution in [0.3, 0.4) is 0 Å². The molecule has 0 aliphatic rings. The minimum atomic E-state index is 0.704. The molecule has 2 nitrogen and oxygen atoms in total. The van der Waals surface area contributed by atoms with Gasteiger partial charge in [0, 0.05) is 22.0 Å². The molecule has 0 amide bonds. The highest BCUT2D eigenvalue weighted by atomic mass is 32.2. The standard InChI is InChI=1S/C9H12N2S/c1-2-5-12-9-4-3-7(10)6-8(9)11/h2-4,6H,1,5,10-11H2. The van der Waals surface area contributed by atoms with E-state index in [1.807, 2.05) is 18.2 Å². The van der Waals surface area contributed by atoms with Gasteiger partial charge in [0.15, 0.2) is 0 Å². The van der Waals surface area contributed by atoms with Crippen LogP contribution in [0.2, 0.25) is 0 Å². The van der Waals surface area contributed by atoms with E-state index in [9.17, 15) is 0 Å². The predicted molar refractivity (Wildman–Crippen MR) is 56.2 cm³/mol. The summed E-state index contributed by atoms with van der Waals surface area (Å²) >= 11 is 1.66. The topological polar surface area (TPSA) is 52.0 Å². The van der Waals surface area contributed by atoms with Crippen molar-refractivity contribution >= 4 is 23.1 Å². The lowest BCUT2D eigenvalue weighted by Crippen LogP contribution is -1.91. The minimum Gasteiger partial charge on any atom is -0.399 e. The number of nitrogens with two attached hydrogens (primary N) is 2. The van der Waals surface area contributed by atoms with Crippen molar-refractivity contribution in [3.8, 4) is 0 Å². The number of rotatable bonds is 3. The van der Waals surface area contributed by atoms with Crippen molar-refractivity contribution in [1.29, 1.82) is 0 Å². The molecule has 0 aromatic heterocycles. The Labute approximate surface area is 76.6 Å². The summed E-state index contributed by atoms with van der Waals surface area (Å²) < 4.78 is 0. The van der Waals surface area contributed by atoms with Gasteiger partial charge in [0.2, 0.25) is 0 Å². The van der Waals surface area contributed by atoms with Crippen LogP contribution in [-0.4, -0.2) is 5.75 Å². The van der Waals surface area contributed by atoms with Crippen LogP contribution in [0.25, 0.3) is 0 Å². The van der Waals surface area contributed by atoms with Crippen LogP contribution in [0.1, 0.15) is 0 Å². The zero-order chi connectivity index (χ0) is 8.97. The van der Waals surface area contributed by atoms with Crippen LogP contribution in [-0.2, 0) is 0 Å². The summed E-state index contributed by atoms with van der Waals surface area (Å²) in [5.41, 5.74) is 12.7. The van der Waals surface area contributed by atoms with Crippen molar-refractivity contribution in [2.75, 3.05) is 17.2 Å². The van der Waals surface area contributed by atoms with Gasteiger partial charge in [-0.1, -0.05) is 6.08 Å². The molecular weight excluding hydrogens is 168 g/mol. The predicted octanol–water partition coefficient (Wildman–Crippen LogP) is 2.13. The van der Waals surface area contributed by atoms with Crippen LogP contribution >= 0.6 is 11.8 Å². The lowest BCUT2D eigenvalue weighted by molar-refractivity contribution is 1.46. The molecule has 1 rings (SSSR count). The van der Waals surface area contributed by atoms with Gasteiger partial charge in [0.25, 0.3) is 0 Å². The maximum Gasteiger partial charge on any atom is 0.0472 e. The van der Waals surface area contributed by atoms with Gasteiger partial charge in [-0.25, -0.2) is 0 Å². The van der Waals surface area contributed by atoms with Crippen LogP contribution in [0, 0.1) is 0 Å². The molecule has 3 heteroatoms. The van der Waals surface area contributed by atoms with Gasteiger partial charge in [-0.3, -0.25) is 0 Å². The van der Waals surface area contributed by atoms with Gasteiger partial charge in [-0.2, -0.15) is 0 Å². The monoisotopic (exact) mass is 180 g/mol. The Hall–Kier alpha value is -1.09. The molecular formula is C9H12N2S. The van der Waals surface area contributed by atoms with E-state index in [0.717, 1.165) is 16.3 Å². The zero-order valence-electron chi connectivity index (χ0n) is 6.79. The molecule has 4 N–H and O–H groups in total. The summed E-state index contributed by atoms with van der Waals surface area (Å²) in [7, 11) is 0. The van der Waals surface area contributed by atoms with E-state index in [2.05, 4.69) is 6.58 Å². The quantitative estimate of drug-likeness (QED) is 0.425. The van der Waals surface area contributed by atoms with Crippen molar-refractivity contribution in [1.82, 2.24) is 0 Å². The molecule has 0 spiro atoms. The van der Waals surface area contributed by atoms with E-state index in [1.54, 1.807) is 17.8 Å². The SMILES string of the molecule is C=CCSc1ccc(N)cc1N. The molecule has 0 atom stereocenters. The van der Waals surface area contributed by atoms with Gasteiger partial charge in [-0.15, -0.1) is 18.3 Å². The summed E-state index contributed by atoms with van der Waals surface area (Å²) in [5, 5.41) is 0. The van der Waals surface area contributed by atoms with Crippen molar-refractivity contribution < 1.29 is 0 Å². The Morgan fingerprint density at radius 3 is 2.75 bits per heavy atom. The summed E-state index contributed by atoms with van der Waals surface area (Å²) in [5.74, 6) is 0.869. The Kier molecular flexibility index (Phi) is 3.05. The highest BCUT2D eigenvalue weighted by Crippen LogP contribution is 2.26. The van der Waals surface area contributed by atoms with E-state index < -0.39 is 0 Å². The van der Waals surface area contributed by atoms with Crippen LogP contribution in [0.15, 0.2) is 35.7 Å². The van der Waals surface area contributed by atoms with Crippen molar-refractivity contribution in [3.63, 3.8) is 0 Å². The van der Waals surface area contributed by atoms with Gasteiger partial charge < -0.3 is 11.5 Å². The number of hydrogen-bond acceptors (Lipinski definition) is 3. The summed E-state index contributed by atoms with van der Waals surface area (Å²) in [6.07, 6.45) is 1.85. The van der Waals surface area contributed by atoms with Gasteiger partial charge in [-0.05, 0) is 18.2 Å². The first-order valence-corrected chi connectivity index (χ1v) is 4.61. The summed E-state index contributed by atoms with van der Waals surface area (Å²) in [6, 6.07) is 5.55. The molecule has 0 saturated carbocycles. The molecule has 12 heavy (non-hydrogen) atoms. The highest BCUT2D eigenvalue weighted by Gasteiger charge is 1.97. The zero-order valence-corrected chi connectivity index (χ0v) is 7.60. The second kappa shape index (κ2) is 4.07. The number of benzene rings is 1. The number of anilines is 2. The molecule has 0 saturated heterocycles. The van der Waals surface area contributed by atoms with Crippen LogP contribution in [0.5, 0.6) is 0 Å². The average molecular weight is 180 g/mol. The first-order valence-electron chi connectivity index (χ1n) is 3.62. The third-order valence-corrected chi connectivity index (χ3v) is 2.48. The van der Waals surface area contributed by atoms with E-state index in [-0.39, 0.29) is 0 Å². The smallest absolute Gasteiger partial charge is 0.0472 e. The van der Waals surface area contributed by atoms with Gasteiger partial charge >= 0.3 is 0 Å². The van der Waals surface area contributed by atoms with Crippen LogP contribution in [0.4, 0.5) is 11.4 Å². The van der Waals surface area contributed by atoms with E-state index in [1.165, 1.54) is 0 Å². The maximum atomic E-state index is 5.73. The fourth-order valence-corrected chi connectivity index (χ4v) is 1.53. The fraction of sp³-hybridized carbons (Fsp3) is 0.111. The second-order valence-corrected chi connectivity index (χ2v) is 3.46. The molecule has 0 aliphatic heterocycles. The van der Waals surface area contributed by atoms with Crippen molar-refractivity contribution in [2.24, 2.45) is 0 Å². The highest BCUT2D eigenvalue weighted by molar-refractivity contribution is 7.99. The van der Waals surface area contributed by atoms with Gasteiger partial charge in [0.1, 0.15) is 0 Å². The normalized spacial score (nSPS) is 9.67. The number of thioether (sulfide) groups is 1. The van der Waals surface area contributed by atoms with E-state index in [0.29, 0.717) is 5.69 Å². The first kappa shape index (κ1) is 9.00. The Bertz CT molecular complexity index is 284. The third kappa shape index (κ3) is 2.20. The molecule has 1 aromatic rings. The Balaban J connectivity index is 2.78. The average Bonchev–Trinajstić information content (AvgIpc) is 2.03. The molecule has 0 heterocycles. The molecule has 0 radical (unpaired) electrons. The Morgan fingerprint density at radius 2 is 2.17 bits per heavy atom. The molecule has 0 aliphatic carbocycles. The van der Waals surface area contributed by atoms with Crippen LogP contribution < -0.4 is 11.5 Å². The summed E-state index contributed by atoms with van der Waals surface area (Å²) in [6.45, 7) is 3.64. The molecule has 1 aromatic carbocycles. The first-order chi connectivity index (χ1) is 5.74. The van der Waals surface area contributed by atoms with Crippen molar-refractivity contribution in [2.45, 2.75) is 4.90 Å². The summed E-state index contributed by atoms with van der Waals surface area (Å²) in [4.78, 5) is 1.06. The molecule has 64 valence electrons. The van der Waals surface area contributed by atoms with E-state index in [4.69, 9.17) is 11.5 Å². The second-order valence-electron chi connectivity index (χ2n) is 2.40. The van der Waals surface area contributed by atoms with Crippen molar-refractivity contribution in [3.05, 3.63) is 30.9 Å². The molecule has 0 bridgehead atoms. The fourth-order valence-electron chi connectivity index (χ4n) is 0.847. The lowest BCUT2D eigenvalue weighted by Gasteiger charge is -2.03. The molecule has 0 fully saturated rings. The largest absolute Gasteiger partial charge is 0.399 e. The minimum absolute atomic E-state index is 0.704. The molecule has 0 unspecified atom stereocenters. The third-order valence-electron chi connectivity index (χ3n) is 1.39. The maximum absolute atomic E-state index is 5.73. The lowest BCUT2D eigenvalue weighted by atomic mass is 10.3. The number of hydrogen-bond donors (Lipinski definition) is 2. The van der Waals surface area contributed by atoms with Gasteiger partial charge in [0.05, 0.1) is 0 Å². The Morgan fingerprint density at radius 1 is 1.42 bits per heavy atom. The van der Waals surface area contributed by atoms with E-state index >= 15 is 0 Å².